The summed E-state index contributed by atoms with van der Waals surface area (Å²) in [6, 6.07) is 8.55. The molecule has 0 spiro atoms. The molecule has 8 N–H and O–H groups in total. The number of rotatable bonds is 13. The van der Waals surface area contributed by atoms with Crippen LogP contribution in [0.4, 0.5) is 0 Å². The lowest BCUT2D eigenvalue weighted by Crippen LogP contribution is -2.63. The quantitative estimate of drug-likeness (QED) is 0.0882. The Hall–Kier alpha value is -4.30. The maximum absolute atomic E-state index is 12.8. The first kappa shape index (κ1) is 37.5. The summed E-state index contributed by atoms with van der Waals surface area (Å²) in [5.41, 5.74) is 0.901. The van der Waals surface area contributed by atoms with Gasteiger partial charge in [-0.1, -0.05) is 12.1 Å². The van der Waals surface area contributed by atoms with Crippen LogP contribution in [0.15, 0.2) is 48.6 Å². The van der Waals surface area contributed by atoms with Gasteiger partial charge in [0, 0.05) is 12.2 Å². The number of phenols is 2. The molecule has 9 atom stereocenters. The number of carbonyl (C=O) groups is 2. The summed E-state index contributed by atoms with van der Waals surface area (Å²) in [7, 11) is 2.69. The van der Waals surface area contributed by atoms with E-state index in [1.165, 1.54) is 62.8 Å². The SMILES string of the molecule is COc1cc(/C=C/C(=O)OC[C@H]2O[C@@](CO)(O[C@@H]3O[C@H](CO)[C@@H](O)[C@H](O)[C@H]3OC(=O)/C=C/c3ccc(O)c(OC)c3)[C@@H](O)[C@@H]2O)ccc1O. The van der Waals surface area contributed by atoms with Crippen LogP contribution in [0, 0.1) is 0 Å². The number of aromatic hydroxyl groups is 2. The highest BCUT2D eigenvalue weighted by atomic mass is 16.8. The van der Waals surface area contributed by atoms with Gasteiger partial charge >= 0.3 is 11.9 Å². The van der Waals surface area contributed by atoms with Crippen molar-refractivity contribution < 1.29 is 83.6 Å². The molecular formula is C32H38O17. The zero-order valence-corrected chi connectivity index (χ0v) is 26.3. The van der Waals surface area contributed by atoms with E-state index in [9.17, 15) is 50.4 Å². The molecule has 268 valence electrons. The monoisotopic (exact) mass is 694 g/mol. The van der Waals surface area contributed by atoms with Gasteiger partial charge in [-0.3, -0.25) is 0 Å². The van der Waals surface area contributed by atoms with Crippen LogP contribution in [-0.4, -0.2) is 142 Å². The van der Waals surface area contributed by atoms with E-state index in [1.807, 2.05) is 0 Å². The molecule has 0 saturated carbocycles. The zero-order valence-electron chi connectivity index (χ0n) is 26.3. The van der Waals surface area contributed by atoms with Crippen LogP contribution in [0.25, 0.3) is 12.2 Å². The first-order valence-electron chi connectivity index (χ1n) is 14.8. The van der Waals surface area contributed by atoms with Crippen molar-refractivity contribution in [3.8, 4) is 23.0 Å². The molecule has 17 heteroatoms. The molecule has 2 saturated heterocycles. The van der Waals surface area contributed by atoms with Crippen molar-refractivity contribution in [1.82, 2.24) is 0 Å². The van der Waals surface area contributed by atoms with Crippen LogP contribution in [0.1, 0.15) is 11.1 Å². The van der Waals surface area contributed by atoms with Crippen molar-refractivity contribution in [1.29, 1.82) is 0 Å². The lowest BCUT2D eigenvalue weighted by atomic mass is 9.98. The average Bonchev–Trinajstić information content (AvgIpc) is 3.34. The Morgan fingerprint density at radius 1 is 0.816 bits per heavy atom. The molecule has 2 aromatic carbocycles. The summed E-state index contributed by atoms with van der Waals surface area (Å²) in [6.07, 6.45) is -9.54. The van der Waals surface area contributed by atoms with Gasteiger partial charge < -0.3 is 74.0 Å². The van der Waals surface area contributed by atoms with Gasteiger partial charge in [-0.2, -0.15) is 0 Å². The summed E-state index contributed by atoms with van der Waals surface area (Å²) in [5.74, 6) is -4.39. The van der Waals surface area contributed by atoms with E-state index in [1.54, 1.807) is 0 Å². The highest BCUT2D eigenvalue weighted by Gasteiger charge is 2.59. The third-order valence-corrected chi connectivity index (χ3v) is 7.74. The van der Waals surface area contributed by atoms with Crippen LogP contribution >= 0.6 is 0 Å². The van der Waals surface area contributed by atoms with Crippen LogP contribution in [-0.2, 0) is 33.3 Å². The Balaban J connectivity index is 1.45. The minimum atomic E-state index is -2.50. The van der Waals surface area contributed by atoms with Crippen molar-refractivity contribution in [2.45, 2.75) is 54.8 Å². The molecule has 0 amide bonds. The number of aliphatic hydroxyl groups excluding tert-OH is 6. The van der Waals surface area contributed by atoms with Crippen LogP contribution in [0.5, 0.6) is 23.0 Å². The molecule has 17 nitrogen and oxygen atoms in total. The summed E-state index contributed by atoms with van der Waals surface area (Å²) < 4.78 is 37.3. The summed E-state index contributed by atoms with van der Waals surface area (Å²) in [4.78, 5) is 25.1. The van der Waals surface area contributed by atoms with Crippen molar-refractivity contribution in [3.63, 3.8) is 0 Å². The van der Waals surface area contributed by atoms with Gasteiger partial charge in [0.05, 0.1) is 20.8 Å². The first-order valence-corrected chi connectivity index (χ1v) is 14.8. The van der Waals surface area contributed by atoms with E-state index in [0.29, 0.717) is 11.1 Å². The number of esters is 2. The van der Waals surface area contributed by atoms with E-state index < -0.39 is 86.6 Å². The van der Waals surface area contributed by atoms with Gasteiger partial charge in [0.2, 0.25) is 12.1 Å². The molecule has 0 aliphatic carbocycles. The predicted molar refractivity (Wildman–Crippen MR) is 164 cm³/mol. The average molecular weight is 695 g/mol. The van der Waals surface area contributed by atoms with E-state index in [-0.39, 0.29) is 23.0 Å². The molecule has 0 radical (unpaired) electrons. The van der Waals surface area contributed by atoms with E-state index in [2.05, 4.69) is 0 Å². The van der Waals surface area contributed by atoms with Crippen molar-refractivity contribution >= 4 is 24.1 Å². The second-order valence-corrected chi connectivity index (χ2v) is 10.9. The van der Waals surface area contributed by atoms with Gasteiger partial charge in [0.1, 0.15) is 49.8 Å². The van der Waals surface area contributed by atoms with Crippen LogP contribution in [0.3, 0.4) is 0 Å². The van der Waals surface area contributed by atoms with E-state index in [0.717, 1.165) is 12.2 Å². The number of phenolic OH excluding ortho intramolecular Hbond substituents is 2. The van der Waals surface area contributed by atoms with Crippen LogP contribution < -0.4 is 9.47 Å². The van der Waals surface area contributed by atoms with E-state index >= 15 is 0 Å². The van der Waals surface area contributed by atoms with Crippen molar-refractivity contribution in [2.75, 3.05) is 34.0 Å². The molecule has 2 aromatic rings. The minimum Gasteiger partial charge on any atom is -0.504 e. The lowest BCUT2D eigenvalue weighted by Gasteiger charge is -2.44. The molecule has 4 rings (SSSR count). The molecule has 0 bridgehead atoms. The fourth-order valence-corrected chi connectivity index (χ4v) is 5.04. The summed E-state index contributed by atoms with van der Waals surface area (Å²) in [6.45, 7) is -2.60. The highest BCUT2D eigenvalue weighted by molar-refractivity contribution is 5.87. The number of aliphatic hydroxyl groups is 6. The first-order chi connectivity index (χ1) is 23.4. The smallest absolute Gasteiger partial charge is 0.331 e. The Morgan fingerprint density at radius 3 is 1.92 bits per heavy atom. The Labute approximate surface area is 279 Å². The predicted octanol–water partition coefficient (Wildman–Crippen LogP) is -1.44. The van der Waals surface area contributed by atoms with Crippen LogP contribution in [0.2, 0.25) is 0 Å². The van der Waals surface area contributed by atoms with E-state index in [4.69, 9.17) is 33.2 Å². The van der Waals surface area contributed by atoms with Gasteiger partial charge in [0.15, 0.2) is 29.1 Å². The highest BCUT2D eigenvalue weighted by Crippen LogP contribution is 2.37. The third kappa shape index (κ3) is 8.66. The number of hydrogen-bond donors (Lipinski definition) is 8. The fraction of sp³-hybridized carbons (Fsp3) is 0.438. The molecule has 2 heterocycles. The third-order valence-electron chi connectivity index (χ3n) is 7.74. The molecule has 2 aliphatic rings. The summed E-state index contributed by atoms with van der Waals surface area (Å²) >= 11 is 0. The van der Waals surface area contributed by atoms with Crippen molar-refractivity contribution in [3.05, 3.63) is 59.7 Å². The summed E-state index contributed by atoms with van der Waals surface area (Å²) in [5, 5.41) is 82.2. The standard InChI is InChI=1S/C32H38O17/c1-43-20-11-16(3-7-18(20)35)5-9-24(37)45-14-23-27(40)30(42)32(15-34,48-23)49-31-29(28(41)26(39)22(13-33)46-31)47-25(38)10-6-17-4-8-19(36)21(12-17)44-2/h3-12,22-23,26-31,33-36,39-42H,13-15H2,1-2H3/b9-5+,10-6+/t22-,23-,26-,27-,28+,29-,30+,31+,32+/m1/s1. The lowest BCUT2D eigenvalue weighted by molar-refractivity contribution is -0.383. The molecule has 0 aromatic heterocycles. The number of hydrogen-bond acceptors (Lipinski definition) is 17. The number of carbonyl (C=O) groups excluding carboxylic acids is 2. The van der Waals surface area contributed by atoms with Crippen molar-refractivity contribution in [2.24, 2.45) is 0 Å². The Bertz CT molecular complexity index is 1510. The zero-order chi connectivity index (χ0) is 35.9. The minimum absolute atomic E-state index is 0.104. The van der Waals surface area contributed by atoms with Gasteiger partial charge in [-0.05, 0) is 47.5 Å². The Kier molecular flexibility index (Phi) is 12.6. The molecular weight excluding hydrogens is 656 g/mol. The Morgan fingerprint density at radius 2 is 1.39 bits per heavy atom. The normalized spacial score (nSPS) is 30.0. The molecule has 2 aliphatic heterocycles. The van der Waals surface area contributed by atoms with Gasteiger partial charge in [0.25, 0.3) is 0 Å². The molecule has 2 fully saturated rings. The molecule has 0 unspecified atom stereocenters. The maximum Gasteiger partial charge on any atom is 0.331 e. The maximum atomic E-state index is 12.8. The van der Waals surface area contributed by atoms with Gasteiger partial charge in [-0.25, -0.2) is 9.59 Å². The second kappa shape index (κ2) is 16.4. The number of benzene rings is 2. The fourth-order valence-electron chi connectivity index (χ4n) is 5.04. The largest absolute Gasteiger partial charge is 0.504 e. The topological polar surface area (TPSA) is 261 Å². The number of ether oxygens (including phenoxy) is 7. The second-order valence-electron chi connectivity index (χ2n) is 10.9. The number of methoxy groups -OCH3 is 2. The molecule has 49 heavy (non-hydrogen) atoms. The van der Waals surface area contributed by atoms with Gasteiger partial charge in [-0.15, -0.1) is 0 Å².